The van der Waals surface area contributed by atoms with Gasteiger partial charge < -0.3 is 58.2 Å². The summed E-state index contributed by atoms with van der Waals surface area (Å²) in [4.78, 5) is 35.8. The number of hydrogen-bond acceptors (Lipinski definition) is 12. The Hall–Kier alpha value is -5.63. The number of ether oxygens (including phenoxy) is 6. The normalized spacial score (nSPS) is 19.9. The predicted octanol–water partition coefficient (Wildman–Crippen LogP) is 9.58. The van der Waals surface area contributed by atoms with E-state index in [2.05, 4.69) is 63.5 Å². The monoisotopic (exact) mass is 1000 g/mol. The molecular weight excluding hydrogens is 933 g/mol. The number of anilines is 2. The zero-order valence-corrected chi connectivity index (χ0v) is 45.1. The van der Waals surface area contributed by atoms with Crippen molar-refractivity contribution in [3.63, 3.8) is 0 Å². The summed E-state index contributed by atoms with van der Waals surface area (Å²) in [5.74, 6) is 1.67. The minimum atomic E-state index is -1.40. The SMILES string of the molecule is COc1ccc(C2=CN3C(=O)c4cc(C)c(OCCCOc5cc6c(cc5OC)C(=O)N5C=C(c7ccc(C)cc7)C[C@H]5C(O)N6COCC[Si](C)(C)C)cc4N(COCC[Si](C)(C)C)C(O)[C@@H]3C2)cc1. The second kappa shape index (κ2) is 21.6. The van der Waals surface area contributed by atoms with Gasteiger partial charge in [-0.05, 0) is 90.9 Å². The van der Waals surface area contributed by atoms with Crippen molar-refractivity contribution in [2.75, 3.05) is 63.9 Å². The zero-order chi connectivity index (χ0) is 50.8. The first-order chi connectivity index (χ1) is 33.8. The molecule has 380 valence electrons. The first kappa shape index (κ1) is 51.7. The molecule has 2 N–H and O–H groups in total. The number of aliphatic hydroxyl groups is 2. The van der Waals surface area contributed by atoms with E-state index in [9.17, 15) is 19.8 Å². The van der Waals surface area contributed by atoms with Crippen LogP contribution < -0.4 is 28.7 Å². The number of hydrogen-bond donors (Lipinski definition) is 2. The average molecular weight is 1010 g/mol. The third-order valence-electron chi connectivity index (χ3n) is 13.8. The fourth-order valence-electron chi connectivity index (χ4n) is 9.40. The highest BCUT2D eigenvalue weighted by Gasteiger charge is 2.45. The van der Waals surface area contributed by atoms with Crippen molar-refractivity contribution in [1.82, 2.24) is 9.80 Å². The molecule has 16 heteroatoms. The highest BCUT2D eigenvalue weighted by molar-refractivity contribution is 6.76. The van der Waals surface area contributed by atoms with E-state index in [1.165, 1.54) is 0 Å². The van der Waals surface area contributed by atoms with E-state index in [0.717, 1.165) is 51.2 Å². The largest absolute Gasteiger partial charge is 0.497 e. The summed E-state index contributed by atoms with van der Waals surface area (Å²) in [7, 11) is 0.375. The van der Waals surface area contributed by atoms with Gasteiger partial charge in [-0.15, -0.1) is 0 Å². The molecule has 0 radical (unpaired) electrons. The van der Waals surface area contributed by atoms with Crippen LogP contribution in [-0.2, 0) is 9.47 Å². The molecule has 0 bridgehead atoms. The molecule has 0 saturated heterocycles. The third kappa shape index (κ3) is 11.7. The van der Waals surface area contributed by atoms with Crippen molar-refractivity contribution in [3.05, 3.63) is 119 Å². The third-order valence-corrected chi connectivity index (χ3v) is 17.2. The summed E-state index contributed by atoms with van der Waals surface area (Å²) in [6.07, 6.45) is 3.01. The number of amides is 2. The number of aryl methyl sites for hydroxylation is 2. The molecular formula is C55H72N4O10Si2. The maximum atomic E-state index is 14.5. The van der Waals surface area contributed by atoms with Crippen molar-refractivity contribution >= 4 is 50.5 Å². The maximum absolute atomic E-state index is 14.5. The van der Waals surface area contributed by atoms with Crippen LogP contribution in [0.25, 0.3) is 11.1 Å². The van der Waals surface area contributed by atoms with Crippen molar-refractivity contribution < 1.29 is 48.2 Å². The Kier molecular flexibility index (Phi) is 15.7. The molecule has 2 unspecified atom stereocenters. The average Bonchev–Trinajstić information content (AvgIpc) is 3.97. The van der Waals surface area contributed by atoms with Crippen LogP contribution in [0, 0.1) is 13.8 Å². The van der Waals surface area contributed by atoms with Gasteiger partial charge in [0.25, 0.3) is 11.8 Å². The molecule has 4 aliphatic heterocycles. The van der Waals surface area contributed by atoms with Gasteiger partial charge in [0.1, 0.15) is 37.4 Å². The molecule has 0 saturated carbocycles. The number of fused-ring (bicyclic) bond motifs is 4. The van der Waals surface area contributed by atoms with Crippen LogP contribution in [0.1, 0.15) is 62.2 Å². The lowest BCUT2D eigenvalue weighted by atomic mass is 10.0. The number of carbonyl (C=O) groups is 2. The second-order valence-corrected chi connectivity index (χ2v) is 32.8. The second-order valence-electron chi connectivity index (χ2n) is 21.5. The van der Waals surface area contributed by atoms with Gasteiger partial charge in [0.2, 0.25) is 0 Å². The lowest BCUT2D eigenvalue weighted by molar-refractivity contribution is 0.0425. The van der Waals surface area contributed by atoms with Crippen molar-refractivity contribution in [3.8, 4) is 23.0 Å². The van der Waals surface area contributed by atoms with Gasteiger partial charge in [-0.3, -0.25) is 9.59 Å². The van der Waals surface area contributed by atoms with Gasteiger partial charge in [-0.25, -0.2) is 0 Å². The number of aliphatic hydroxyl groups excluding tert-OH is 2. The Morgan fingerprint density at radius 3 is 1.52 bits per heavy atom. The van der Waals surface area contributed by atoms with Crippen LogP contribution in [0.4, 0.5) is 11.4 Å². The van der Waals surface area contributed by atoms with Crippen LogP contribution in [-0.4, -0.2) is 127 Å². The summed E-state index contributed by atoms with van der Waals surface area (Å²) in [6.45, 7) is 19.5. The van der Waals surface area contributed by atoms with E-state index in [1.54, 1.807) is 46.0 Å². The maximum Gasteiger partial charge on any atom is 0.260 e. The van der Waals surface area contributed by atoms with Crippen molar-refractivity contribution in [1.29, 1.82) is 0 Å². The van der Waals surface area contributed by atoms with Gasteiger partial charge in [-0.2, -0.15) is 0 Å². The van der Waals surface area contributed by atoms with Crippen LogP contribution in [0.3, 0.4) is 0 Å². The lowest BCUT2D eigenvalue weighted by Crippen LogP contribution is -2.48. The molecule has 0 aromatic heterocycles. The Bertz CT molecular complexity index is 2630. The standard InChI is InChI=1S/C55H72N4O10Si2/c1-36-12-14-38(15-13-36)40-27-48-55(63)59(35-67-23-25-71(8,9)10)46-31-51(50(65-4)29-44(46)53(61)57(48)32-40)69-21-11-20-68-49-30-45-43(26-37(49)2)52(60)56-33-41(39-16-18-42(64-3)19-17-39)28-47(56)54(62)58(45)34-66-22-24-70(5,6)7/h12-19,26,29-33,47-48,54-55,62-63H,11,20-25,27-28,34-35H2,1-10H3/t47-,48-,54?,55?/m0/s1. The number of rotatable bonds is 20. The van der Waals surface area contributed by atoms with Crippen LogP contribution in [0.5, 0.6) is 23.0 Å². The summed E-state index contributed by atoms with van der Waals surface area (Å²) < 4.78 is 36.5. The molecule has 4 atom stereocenters. The summed E-state index contributed by atoms with van der Waals surface area (Å²) in [5.41, 5.74) is 7.69. The van der Waals surface area contributed by atoms with Gasteiger partial charge in [0, 0.05) is 60.3 Å². The van der Waals surface area contributed by atoms with Crippen molar-refractivity contribution in [2.45, 2.75) is 109 Å². The van der Waals surface area contributed by atoms with E-state index in [4.69, 9.17) is 28.4 Å². The van der Waals surface area contributed by atoms with E-state index < -0.39 is 40.7 Å². The van der Waals surface area contributed by atoms with E-state index in [-0.39, 0.29) is 38.5 Å². The van der Waals surface area contributed by atoms with Crippen LogP contribution in [0.2, 0.25) is 51.4 Å². The van der Waals surface area contributed by atoms with E-state index in [0.29, 0.717) is 72.2 Å². The fraction of sp³-hybridized carbons (Fsp3) is 0.455. The highest BCUT2D eigenvalue weighted by Crippen LogP contribution is 2.44. The van der Waals surface area contributed by atoms with Crippen molar-refractivity contribution in [2.24, 2.45) is 0 Å². The number of nitrogens with zero attached hydrogens (tertiary/aromatic N) is 4. The molecule has 71 heavy (non-hydrogen) atoms. The molecule has 4 aromatic carbocycles. The molecule has 0 aliphatic carbocycles. The molecule has 4 aliphatic rings. The molecule has 0 fully saturated rings. The molecule has 2 amide bonds. The Morgan fingerprint density at radius 2 is 1.04 bits per heavy atom. The minimum Gasteiger partial charge on any atom is -0.497 e. The molecule has 14 nitrogen and oxygen atoms in total. The molecule has 4 aromatic rings. The lowest BCUT2D eigenvalue weighted by Gasteiger charge is -2.34. The zero-order valence-electron chi connectivity index (χ0n) is 43.1. The van der Waals surface area contributed by atoms with E-state index in [1.807, 2.05) is 62.6 Å². The van der Waals surface area contributed by atoms with Gasteiger partial charge in [-0.1, -0.05) is 81.2 Å². The highest BCUT2D eigenvalue weighted by atomic mass is 28.3. The molecule has 0 spiro atoms. The Morgan fingerprint density at radius 1 is 0.577 bits per heavy atom. The van der Waals surface area contributed by atoms with Gasteiger partial charge >= 0.3 is 0 Å². The summed E-state index contributed by atoms with van der Waals surface area (Å²) in [6, 6.07) is 23.9. The number of methoxy groups -OCH3 is 2. The quantitative estimate of drug-likeness (QED) is 0.0643. The number of benzene rings is 4. The van der Waals surface area contributed by atoms with Gasteiger partial charge in [0.15, 0.2) is 11.5 Å². The Labute approximate surface area is 421 Å². The summed E-state index contributed by atoms with van der Waals surface area (Å²) >= 11 is 0. The first-order valence-corrected chi connectivity index (χ1v) is 32.2. The van der Waals surface area contributed by atoms with Gasteiger partial charge in [0.05, 0.1) is 62.0 Å². The Balaban J connectivity index is 0.999. The first-order valence-electron chi connectivity index (χ1n) is 24.8. The number of carbonyl (C=O) groups excluding carboxylic acids is 2. The predicted molar refractivity (Wildman–Crippen MR) is 284 cm³/mol. The fourth-order valence-corrected chi connectivity index (χ4v) is 10.9. The topological polar surface area (TPSA) is 143 Å². The van der Waals surface area contributed by atoms with Crippen LogP contribution >= 0.6 is 0 Å². The smallest absolute Gasteiger partial charge is 0.260 e. The molecule has 8 rings (SSSR count). The minimum absolute atomic E-state index is 0.0840. The van der Waals surface area contributed by atoms with E-state index >= 15 is 0 Å². The molecule has 4 heterocycles. The van der Waals surface area contributed by atoms with Crippen LogP contribution in [0.15, 0.2) is 85.2 Å². The summed E-state index contributed by atoms with van der Waals surface area (Å²) in [5, 5.41) is 24.3.